The molecular weight excluding hydrogens is 853 g/mol. The first-order valence-electron chi connectivity index (χ1n) is 21.9. The second-order valence-electron chi connectivity index (χ2n) is 20.0. The summed E-state index contributed by atoms with van der Waals surface area (Å²) in [7, 11) is -29.3. The molecule has 0 aromatic rings. The van der Waals surface area contributed by atoms with E-state index >= 15 is 0 Å². The maximum absolute atomic E-state index is 7.84. The van der Waals surface area contributed by atoms with Crippen molar-refractivity contribution in [1.82, 2.24) is 0 Å². The molecule has 6 saturated heterocycles. The lowest BCUT2D eigenvalue weighted by Gasteiger charge is -2.64. The second-order valence-corrected chi connectivity index (χ2v) is 44.1. The first kappa shape index (κ1) is 48.3. The fraction of sp³-hybridized carbons (Fsp3) is 1.00. The van der Waals surface area contributed by atoms with Crippen LogP contribution in [-0.2, 0) is 54.1 Å². The molecule has 13 nitrogen and oxygen atoms in total. The largest absolute Gasteiger partial charge is 0.479 e. The molecule has 0 spiro atoms. The predicted octanol–water partition coefficient (Wildman–Crippen LogP) is 9.56. The first-order chi connectivity index (χ1) is 26.0. The molecule has 0 amide bonds. The maximum Gasteiger partial charge on any atom is 0.479 e. The zero-order valence-corrected chi connectivity index (χ0v) is 45.5. The van der Waals surface area contributed by atoms with E-state index in [1.807, 2.05) is 0 Å². The molecule has 6 heterocycles. The van der Waals surface area contributed by atoms with Crippen LogP contribution in [0.2, 0.25) is 48.4 Å². The molecule has 0 N–H and O–H groups in total. The first-order valence-corrected chi connectivity index (χ1v) is 37.3. The summed E-state index contributed by atoms with van der Waals surface area (Å²) in [4.78, 5) is 0. The molecular formula is C35H78O13Si8. The number of hydrogen-bond donors (Lipinski definition) is 0. The van der Waals surface area contributed by atoms with Crippen LogP contribution in [0.5, 0.6) is 0 Å². The number of methoxy groups -OCH3 is 1. The molecule has 6 aliphatic rings. The van der Waals surface area contributed by atoms with Crippen molar-refractivity contribution < 1.29 is 54.1 Å². The Bertz CT molecular complexity index is 1140. The number of rotatable bonds is 21. The summed E-state index contributed by atoms with van der Waals surface area (Å²) in [5.74, 6) is 0.984. The average molecular weight is 932 g/mol. The van der Waals surface area contributed by atoms with E-state index < -0.39 is 70.4 Å². The fourth-order valence-corrected chi connectivity index (χ4v) is 60.5. The quantitative estimate of drug-likeness (QED) is 0.0804. The van der Waals surface area contributed by atoms with Gasteiger partial charge in [0.2, 0.25) is 0 Å². The molecule has 8 bridgehead atoms. The van der Waals surface area contributed by atoms with Gasteiger partial charge in [-0.1, -0.05) is 110 Å². The third-order valence-electron chi connectivity index (χ3n) is 9.92. The smallest absolute Gasteiger partial charge is 0.385 e. The molecule has 0 aliphatic carbocycles. The molecule has 0 aromatic carbocycles. The lowest BCUT2D eigenvalue weighted by atomic mass is 10.2. The van der Waals surface area contributed by atoms with Crippen molar-refractivity contribution >= 4 is 70.4 Å². The minimum atomic E-state index is -3.89. The van der Waals surface area contributed by atoms with E-state index in [1.54, 1.807) is 7.11 Å². The number of unbranched alkanes of at least 4 members (excludes halogenated alkanes) is 3. The Morgan fingerprint density at radius 2 is 0.482 bits per heavy atom. The zero-order chi connectivity index (χ0) is 41.4. The molecule has 0 radical (unpaired) electrons. The van der Waals surface area contributed by atoms with Gasteiger partial charge >= 0.3 is 70.4 Å². The highest BCUT2D eigenvalue weighted by Gasteiger charge is 2.83. The van der Waals surface area contributed by atoms with Crippen molar-refractivity contribution in [3.8, 4) is 0 Å². The zero-order valence-electron chi connectivity index (χ0n) is 37.5. The van der Waals surface area contributed by atoms with Crippen molar-refractivity contribution in [2.45, 2.75) is 171 Å². The Balaban J connectivity index is 1.90. The minimum absolute atomic E-state index is 0.140. The SMILES string of the molecule is COCCCCCC[Si]12O[Si]3(CC(C)C)O[Si]4(CC(C)C)O[Si](CC(C)C)(O1)O[Si]1(CC(C)C)O[Si](CC(C)C)(O2)O[Si](CC(C)C)(O3)O[Si](CC(C)C)(O4)O1. The number of hydrogen-bond acceptors (Lipinski definition) is 13. The van der Waals surface area contributed by atoms with Crippen LogP contribution >= 0.6 is 0 Å². The van der Waals surface area contributed by atoms with E-state index in [1.165, 1.54) is 0 Å². The Morgan fingerprint density at radius 3 is 0.679 bits per heavy atom. The van der Waals surface area contributed by atoms with Crippen LogP contribution in [0, 0.1) is 41.4 Å². The molecule has 56 heavy (non-hydrogen) atoms. The van der Waals surface area contributed by atoms with E-state index in [0.29, 0.717) is 48.4 Å². The van der Waals surface area contributed by atoms with Crippen LogP contribution < -0.4 is 0 Å². The van der Waals surface area contributed by atoms with Crippen LogP contribution in [0.1, 0.15) is 123 Å². The summed E-state index contributed by atoms with van der Waals surface area (Å²) < 4.78 is 99.1. The van der Waals surface area contributed by atoms with Crippen LogP contribution in [0.15, 0.2) is 0 Å². The number of ether oxygens (including phenoxy) is 1. The summed E-state index contributed by atoms with van der Waals surface area (Å²) in [6.07, 6.45) is 3.76. The molecule has 6 aliphatic heterocycles. The summed E-state index contributed by atoms with van der Waals surface area (Å²) in [5, 5.41) is 0. The van der Waals surface area contributed by atoms with Gasteiger partial charge in [0.15, 0.2) is 0 Å². The van der Waals surface area contributed by atoms with Crippen molar-refractivity contribution in [2.24, 2.45) is 41.4 Å². The van der Waals surface area contributed by atoms with Gasteiger partial charge in [0.25, 0.3) is 0 Å². The normalized spacial score (nSPS) is 39.8. The van der Waals surface area contributed by atoms with Crippen molar-refractivity contribution in [3.63, 3.8) is 0 Å². The molecule has 6 fully saturated rings. The van der Waals surface area contributed by atoms with E-state index in [9.17, 15) is 0 Å². The third kappa shape index (κ3) is 11.8. The van der Waals surface area contributed by atoms with Gasteiger partial charge in [0.05, 0.1) is 0 Å². The van der Waals surface area contributed by atoms with Gasteiger partial charge in [-0.05, 0) is 54.3 Å². The minimum Gasteiger partial charge on any atom is -0.385 e. The highest BCUT2D eigenvalue weighted by atomic mass is 28.6. The van der Waals surface area contributed by atoms with Gasteiger partial charge in [-0.15, -0.1) is 0 Å². The van der Waals surface area contributed by atoms with Crippen molar-refractivity contribution in [3.05, 3.63) is 0 Å². The van der Waals surface area contributed by atoms with Crippen LogP contribution in [0.3, 0.4) is 0 Å². The monoisotopic (exact) mass is 930 g/mol. The summed E-state index contributed by atoms with van der Waals surface area (Å²) >= 11 is 0. The Morgan fingerprint density at radius 1 is 0.286 bits per heavy atom. The molecule has 21 heteroatoms. The van der Waals surface area contributed by atoms with Gasteiger partial charge in [-0.2, -0.15) is 0 Å². The summed E-state index contributed by atoms with van der Waals surface area (Å²) in [5.41, 5.74) is 0. The topological polar surface area (TPSA) is 120 Å². The molecule has 0 atom stereocenters. The molecule has 328 valence electrons. The van der Waals surface area contributed by atoms with E-state index in [-0.39, 0.29) is 41.4 Å². The Labute approximate surface area is 349 Å². The van der Waals surface area contributed by atoms with Gasteiger partial charge < -0.3 is 54.1 Å². The van der Waals surface area contributed by atoms with E-state index in [4.69, 9.17) is 54.1 Å². The standard InChI is InChI=1S/C35H78O13Si8/c1-29(2)22-50-37-49(21-19-17-16-18-20-36-15)38-51(23-30(3)4)42-53(40-50,25-32(7)8)46-56(28-35(13)14)47-54(41-50,26-33(9)10)43-52(39-49,24-31(5)6)45-55(44-51,48-56)27-34(11)12/h29-35H,16-28H2,1-15H3. The lowest BCUT2D eigenvalue weighted by Crippen LogP contribution is -2.88. The highest BCUT2D eigenvalue weighted by Crippen LogP contribution is 2.56. The molecule has 0 saturated carbocycles. The van der Waals surface area contributed by atoms with Crippen molar-refractivity contribution in [2.75, 3.05) is 13.7 Å². The van der Waals surface area contributed by atoms with Gasteiger partial charge in [-0.3, -0.25) is 0 Å². The maximum atomic E-state index is 7.84. The average Bonchev–Trinajstić information content (AvgIpc) is 2.92. The van der Waals surface area contributed by atoms with Crippen LogP contribution in [0.4, 0.5) is 0 Å². The van der Waals surface area contributed by atoms with Gasteiger partial charge in [0.1, 0.15) is 0 Å². The summed E-state index contributed by atoms with van der Waals surface area (Å²) in [6.45, 7) is 31.3. The summed E-state index contributed by atoms with van der Waals surface area (Å²) in [6, 6.07) is 4.07. The van der Waals surface area contributed by atoms with E-state index in [2.05, 4.69) is 96.9 Å². The van der Waals surface area contributed by atoms with Crippen molar-refractivity contribution in [1.29, 1.82) is 0 Å². The Kier molecular flexibility index (Phi) is 16.0. The fourth-order valence-electron chi connectivity index (χ4n) is 8.81. The molecule has 0 unspecified atom stereocenters. The second kappa shape index (κ2) is 18.5. The highest BCUT2D eigenvalue weighted by molar-refractivity contribution is 7.03. The molecule has 0 aromatic heterocycles. The van der Waals surface area contributed by atoms with Crippen LogP contribution in [0.25, 0.3) is 0 Å². The molecule has 6 rings (SSSR count). The van der Waals surface area contributed by atoms with Gasteiger partial charge in [0, 0.05) is 62.1 Å². The van der Waals surface area contributed by atoms with E-state index in [0.717, 1.165) is 32.3 Å². The van der Waals surface area contributed by atoms with Gasteiger partial charge in [-0.25, -0.2) is 0 Å². The third-order valence-corrected chi connectivity index (χ3v) is 50.0. The Hall–Kier alpha value is 1.22. The van der Waals surface area contributed by atoms with Crippen LogP contribution in [-0.4, -0.2) is 84.2 Å². The lowest BCUT2D eigenvalue weighted by molar-refractivity contribution is -0.0341. The predicted molar refractivity (Wildman–Crippen MR) is 232 cm³/mol.